The first-order chi connectivity index (χ1) is 17.2. The molecular formula is C32H34ClIN2. The van der Waals surface area contributed by atoms with Crippen molar-refractivity contribution in [1.82, 2.24) is 4.90 Å². The number of benzene rings is 1. The van der Waals surface area contributed by atoms with E-state index in [4.69, 9.17) is 11.6 Å². The number of hydrogen-bond donors (Lipinski definition) is 0. The lowest BCUT2D eigenvalue weighted by atomic mass is 9.89. The number of halogens is 2. The highest BCUT2D eigenvalue weighted by atomic mass is 127. The van der Waals surface area contributed by atoms with E-state index >= 15 is 0 Å². The smallest absolute Gasteiger partial charge is 0.212 e. The summed E-state index contributed by atoms with van der Waals surface area (Å²) < 4.78 is 2.36. The summed E-state index contributed by atoms with van der Waals surface area (Å²) in [5.74, 6) is 0.459. The molecule has 0 saturated heterocycles. The third-order valence-electron chi connectivity index (χ3n) is 7.32. The quantitative estimate of drug-likeness (QED) is 0.354. The molecule has 3 aliphatic rings. The molecule has 1 aromatic heterocycles. The molecule has 1 aromatic carbocycles. The Bertz CT molecular complexity index is 1320. The zero-order chi connectivity index (χ0) is 24.2. The van der Waals surface area contributed by atoms with Crippen LogP contribution in [0.1, 0.15) is 38.8 Å². The first kappa shape index (κ1) is 26.7. The predicted molar refractivity (Wildman–Crippen MR) is 149 cm³/mol. The van der Waals surface area contributed by atoms with Crippen molar-refractivity contribution >= 4 is 28.6 Å². The molecule has 0 saturated carbocycles. The number of aromatic nitrogens is 1. The molecule has 2 atom stereocenters. The highest BCUT2D eigenvalue weighted by Crippen LogP contribution is 2.34. The van der Waals surface area contributed by atoms with Crippen molar-refractivity contribution in [2.24, 2.45) is 5.92 Å². The second kappa shape index (κ2) is 12.2. The predicted octanol–water partition coefficient (Wildman–Crippen LogP) is 4.65. The Labute approximate surface area is 237 Å². The standard InChI is InChI=1S/C32H34ClN2.HI/c1-3-34-28(20-16-24-10-5-7-14-30(24)34)22-18-26-12-9-13-27(32(26)33)19-23-29-21-17-25-11-6-8-15-31(25)35(29)4-2;/h5-8,10-11,14-24,30H,3-4,9,12-13H2,1-2H3;1H/q+1;/p-1. The highest BCUT2D eigenvalue weighted by Gasteiger charge is 2.26. The van der Waals surface area contributed by atoms with Gasteiger partial charge in [-0.2, -0.15) is 4.57 Å². The van der Waals surface area contributed by atoms with Gasteiger partial charge >= 0.3 is 0 Å². The van der Waals surface area contributed by atoms with Gasteiger partial charge in [0.25, 0.3) is 0 Å². The van der Waals surface area contributed by atoms with E-state index in [0.717, 1.165) is 37.4 Å². The van der Waals surface area contributed by atoms with Gasteiger partial charge in [0.2, 0.25) is 11.2 Å². The number of rotatable bonds is 5. The number of nitrogens with zero attached hydrogens (tertiary/aromatic N) is 2. The van der Waals surface area contributed by atoms with Gasteiger partial charge in [-0.15, -0.1) is 0 Å². The van der Waals surface area contributed by atoms with Crippen molar-refractivity contribution in [3.63, 3.8) is 0 Å². The molecule has 1 aliphatic heterocycles. The van der Waals surface area contributed by atoms with Crippen LogP contribution in [0, 0.1) is 5.92 Å². The van der Waals surface area contributed by atoms with Gasteiger partial charge in [0, 0.05) is 46.8 Å². The molecule has 186 valence electrons. The van der Waals surface area contributed by atoms with Crippen molar-refractivity contribution < 1.29 is 28.5 Å². The molecule has 0 spiro atoms. The molecule has 4 heteroatoms. The number of fused-ring (bicyclic) bond motifs is 2. The van der Waals surface area contributed by atoms with E-state index in [0.29, 0.717) is 12.0 Å². The summed E-state index contributed by atoms with van der Waals surface area (Å²) in [4.78, 5) is 2.48. The minimum absolute atomic E-state index is 0. The van der Waals surface area contributed by atoms with Crippen LogP contribution in [0.4, 0.5) is 0 Å². The van der Waals surface area contributed by atoms with Gasteiger partial charge in [0.1, 0.15) is 6.54 Å². The van der Waals surface area contributed by atoms with Gasteiger partial charge in [-0.05, 0) is 68.5 Å². The maximum atomic E-state index is 6.95. The van der Waals surface area contributed by atoms with Crippen molar-refractivity contribution in [2.45, 2.75) is 45.7 Å². The molecule has 0 radical (unpaired) electrons. The lowest BCUT2D eigenvalue weighted by Crippen LogP contribution is -3.00. The zero-order valence-electron chi connectivity index (χ0n) is 21.1. The third-order valence-corrected chi connectivity index (χ3v) is 7.81. The van der Waals surface area contributed by atoms with Crippen molar-refractivity contribution in [3.8, 4) is 0 Å². The topological polar surface area (TPSA) is 7.12 Å². The Morgan fingerprint density at radius 3 is 2.64 bits per heavy atom. The third kappa shape index (κ3) is 5.47. The molecular weight excluding hydrogens is 575 g/mol. The van der Waals surface area contributed by atoms with E-state index < -0.39 is 0 Å². The SMILES string of the molecule is CCN1/C(=C/C=C2\CCCC(/C=C/c3ccc4ccccc4[n+]3CC)=C2Cl)C=CC2C=CC=CC21.[I-]. The fourth-order valence-electron chi connectivity index (χ4n) is 5.48. The van der Waals surface area contributed by atoms with Gasteiger partial charge in [0.15, 0.2) is 0 Å². The average molecular weight is 609 g/mol. The van der Waals surface area contributed by atoms with Crippen molar-refractivity contribution in [1.29, 1.82) is 0 Å². The van der Waals surface area contributed by atoms with Crippen molar-refractivity contribution in [3.05, 3.63) is 119 Å². The summed E-state index contributed by atoms with van der Waals surface area (Å²) in [7, 11) is 0. The molecule has 2 nitrogen and oxygen atoms in total. The Morgan fingerprint density at radius 2 is 1.81 bits per heavy atom. The van der Waals surface area contributed by atoms with Crippen LogP contribution in [-0.4, -0.2) is 17.5 Å². The van der Waals surface area contributed by atoms with Crippen LogP contribution in [0.3, 0.4) is 0 Å². The van der Waals surface area contributed by atoms with E-state index in [9.17, 15) is 0 Å². The molecule has 2 aromatic rings. The summed E-state index contributed by atoms with van der Waals surface area (Å²) in [6, 6.07) is 13.4. The van der Waals surface area contributed by atoms with E-state index in [1.165, 1.54) is 33.4 Å². The second-order valence-corrected chi connectivity index (χ2v) is 9.73. The Hall–Kier alpha value is -2.37. The van der Waals surface area contributed by atoms with Gasteiger partial charge in [-0.25, -0.2) is 0 Å². The number of pyridine rings is 1. The molecule has 36 heavy (non-hydrogen) atoms. The maximum absolute atomic E-state index is 6.95. The number of likely N-dealkylation sites (N-methyl/N-ethyl adjacent to an activating group) is 1. The molecule has 0 amide bonds. The van der Waals surface area contributed by atoms with Crippen LogP contribution in [0.25, 0.3) is 17.0 Å². The fourth-order valence-corrected chi connectivity index (χ4v) is 5.80. The van der Waals surface area contributed by atoms with Gasteiger partial charge in [-0.1, -0.05) is 66.3 Å². The first-order valence-electron chi connectivity index (χ1n) is 12.9. The Morgan fingerprint density at radius 1 is 0.972 bits per heavy atom. The highest BCUT2D eigenvalue weighted by molar-refractivity contribution is 6.32. The maximum Gasteiger partial charge on any atom is 0.212 e. The Balaban J connectivity index is 0.00000304. The number of hydrogen-bond acceptors (Lipinski definition) is 1. The van der Waals surface area contributed by atoms with Crippen molar-refractivity contribution in [2.75, 3.05) is 6.54 Å². The summed E-state index contributed by atoms with van der Waals surface area (Å²) in [5, 5.41) is 2.18. The largest absolute Gasteiger partial charge is 1.00 e. The minimum atomic E-state index is 0. The monoisotopic (exact) mass is 608 g/mol. The van der Waals surface area contributed by atoms with E-state index in [1.807, 2.05) is 0 Å². The molecule has 2 unspecified atom stereocenters. The molecule has 2 aliphatic carbocycles. The second-order valence-electron chi connectivity index (χ2n) is 9.35. The number of aryl methyl sites for hydroxylation is 1. The summed E-state index contributed by atoms with van der Waals surface area (Å²) >= 11 is 6.95. The van der Waals surface area contributed by atoms with Gasteiger partial charge in [-0.3, -0.25) is 0 Å². The van der Waals surface area contributed by atoms with Gasteiger partial charge < -0.3 is 28.9 Å². The fraction of sp³-hybridized carbons (Fsp3) is 0.281. The van der Waals surface area contributed by atoms with Crippen LogP contribution in [0.5, 0.6) is 0 Å². The molecule has 2 heterocycles. The average Bonchev–Trinajstić information content (AvgIpc) is 2.91. The van der Waals surface area contributed by atoms with Crippen LogP contribution < -0.4 is 28.5 Å². The van der Waals surface area contributed by atoms with E-state index in [1.54, 1.807) is 0 Å². The first-order valence-corrected chi connectivity index (χ1v) is 13.3. The molecule has 0 fully saturated rings. The van der Waals surface area contributed by atoms with E-state index in [2.05, 4.69) is 120 Å². The van der Waals surface area contributed by atoms with Crippen LogP contribution in [0.2, 0.25) is 0 Å². The number of para-hydroxylation sites is 1. The summed E-state index contributed by atoms with van der Waals surface area (Å²) in [6.07, 6.45) is 25.6. The van der Waals surface area contributed by atoms with Gasteiger partial charge in [0.05, 0.1) is 6.04 Å². The molecule has 0 N–H and O–H groups in total. The number of allylic oxidation sites excluding steroid dienone is 9. The minimum Gasteiger partial charge on any atom is -1.00 e. The lowest BCUT2D eigenvalue weighted by molar-refractivity contribution is -0.669. The van der Waals surface area contributed by atoms with Crippen LogP contribution >= 0.6 is 11.6 Å². The van der Waals surface area contributed by atoms with E-state index in [-0.39, 0.29) is 24.0 Å². The molecule has 0 bridgehead atoms. The lowest BCUT2D eigenvalue weighted by Gasteiger charge is -2.39. The Kier molecular flexibility index (Phi) is 9.08. The summed E-state index contributed by atoms with van der Waals surface area (Å²) in [6.45, 7) is 6.35. The van der Waals surface area contributed by atoms with Crippen LogP contribution in [0.15, 0.2) is 113 Å². The summed E-state index contributed by atoms with van der Waals surface area (Å²) in [5.41, 5.74) is 6.19. The zero-order valence-corrected chi connectivity index (χ0v) is 24.0. The van der Waals surface area contributed by atoms with Crippen LogP contribution in [-0.2, 0) is 6.54 Å². The molecule has 5 rings (SSSR count). The normalized spacial score (nSPS) is 23.7.